The van der Waals surface area contributed by atoms with Gasteiger partial charge in [-0.3, -0.25) is 9.69 Å². The smallest absolute Gasteiger partial charge is 0.256 e. The molecule has 4 heteroatoms. The molecule has 4 nitrogen and oxygen atoms in total. The number of hydrogen-bond donors (Lipinski definition) is 1. The molecule has 2 aliphatic rings. The highest BCUT2D eigenvalue weighted by atomic mass is 16.2. The van der Waals surface area contributed by atoms with Crippen molar-refractivity contribution in [3.8, 4) is 0 Å². The highest BCUT2D eigenvalue weighted by Crippen LogP contribution is 2.30. The molecule has 1 amide bonds. The van der Waals surface area contributed by atoms with Crippen molar-refractivity contribution in [3.63, 3.8) is 0 Å². The molecule has 2 aromatic carbocycles. The molecule has 0 spiro atoms. The van der Waals surface area contributed by atoms with Crippen molar-refractivity contribution >= 4 is 16.8 Å². The Balaban J connectivity index is 1.43. The molecule has 1 N–H and O–H groups in total. The van der Waals surface area contributed by atoms with Crippen LogP contribution in [0.1, 0.15) is 28.8 Å². The second kappa shape index (κ2) is 6.86. The number of nitrogens with zero attached hydrogens (tertiary/aromatic N) is 2. The first kappa shape index (κ1) is 16.6. The first-order valence-corrected chi connectivity index (χ1v) is 9.94. The van der Waals surface area contributed by atoms with Crippen LogP contribution >= 0.6 is 0 Å². The number of amides is 1. The maximum atomic E-state index is 13.5. The highest BCUT2D eigenvalue weighted by Gasteiger charge is 2.37. The number of hydrogen-bond acceptors (Lipinski definition) is 2. The molecule has 1 unspecified atom stereocenters. The molecule has 5 rings (SSSR count). The summed E-state index contributed by atoms with van der Waals surface area (Å²) in [5.74, 6) is 0.156. The normalized spacial score (nSPS) is 20.9. The van der Waals surface area contributed by atoms with Gasteiger partial charge in [0.2, 0.25) is 0 Å². The molecule has 1 aliphatic heterocycles. The number of fused-ring (bicyclic) bond motifs is 1. The van der Waals surface area contributed by atoms with Crippen molar-refractivity contribution in [1.29, 1.82) is 0 Å². The molecule has 1 aromatic heterocycles. The van der Waals surface area contributed by atoms with Crippen LogP contribution in [0.25, 0.3) is 10.9 Å². The Morgan fingerprint density at radius 1 is 1.00 bits per heavy atom. The van der Waals surface area contributed by atoms with E-state index in [4.69, 9.17) is 0 Å². The fraction of sp³-hybridized carbons (Fsp3) is 0.348. The monoisotopic (exact) mass is 359 g/mol. The summed E-state index contributed by atoms with van der Waals surface area (Å²) in [6.45, 7) is 2.78. The summed E-state index contributed by atoms with van der Waals surface area (Å²) in [5, 5.41) is 1.02. The van der Waals surface area contributed by atoms with Gasteiger partial charge in [0.15, 0.2) is 0 Å². The lowest BCUT2D eigenvalue weighted by Crippen LogP contribution is -2.56. The highest BCUT2D eigenvalue weighted by molar-refractivity contribution is 6.06. The number of para-hydroxylation sites is 1. The van der Waals surface area contributed by atoms with Crippen LogP contribution in [0.3, 0.4) is 0 Å². The third kappa shape index (κ3) is 3.26. The Kier molecular flexibility index (Phi) is 4.21. The van der Waals surface area contributed by atoms with E-state index in [0.29, 0.717) is 0 Å². The average molecular weight is 359 g/mol. The zero-order valence-electron chi connectivity index (χ0n) is 15.5. The van der Waals surface area contributed by atoms with Crippen LogP contribution in [0, 0.1) is 0 Å². The lowest BCUT2D eigenvalue weighted by molar-refractivity contribution is 0.0439. The number of aromatic nitrogens is 1. The average Bonchev–Trinajstić information content (AvgIpc) is 3.47. The molecule has 3 aromatic rings. The Morgan fingerprint density at radius 2 is 1.78 bits per heavy atom. The molecule has 0 radical (unpaired) electrons. The maximum absolute atomic E-state index is 13.5. The van der Waals surface area contributed by atoms with Crippen LogP contribution < -0.4 is 0 Å². The molecule has 1 aliphatic carbocycles. The molecular formula is C23H25N3O. The molecule has 1 atom stereocenters. The van der Waals surface area contributed by atoms with E-state index in [2.05, 4.69) is 45.1 Å². The quantitative estimate of drug-likeness (QED) is 0.771. The SMILES string of the molecule is O=C(c1c[nH]c2ccccc12)N1CCN(C2CC2)CC1Cc1ccccc1. The number of nitrogens with one attached hydrogen (secondary N) is 1. The van der Waals surface area contributed by atoms with Crippen molar-refractivity contribution in [2.75, 3.05) is 19.6 Å². The summed E-state index contributed by atoms with van der Waals surface area (Å²) < 4.78 is 0. The summed E-state index contributed by atoms with van der Waals surface area (Å²) in [4.78, 5) is 21.4. The van der Waals surface area contributed by atoms with Gasteiger partial charge in [0.05, 0.1) is 5.56 Å². The Bertz CT molecular complexity index is 944. The summed E-state index contributed by atoms with van der Waals surface area (Å²) in [6.07, 6.45) is 5.42. The van der Waals surface area contributed by atoms with Gasteiger partial charge in [-0.05, 0) is 30.9 Å². The number of benzene rings is 2. The fourth-order valence-corrected chi connectivity index (χ4v) is 4.38. The van der Waals surface area contributed by atoms with Crippen molar-refractivity contribution < 1.29 is 4.79 Å². The third-order valence-electron chi connectivity index (χ3n) is 5.97. The molecule has 0 bridgehead atoms. The first-order chi connectivity index (χ1) is 13.3. The van der Waals surface area contributed by atoms with Gasteiger partial charge in [-0.2, -0.15) is 0 Å². The Hall–Kier alpha value is -2.59. The molecular weight excluding hydrogens is 334 g/mol. The maximum Gasteiger partial charge on any atom is 0.256 e. The van der Waals surface area contributed by atoms with Crippen LogP contribution in [0.4, 0.5) is 0 Å². The van der Waals surface area contributed by atoms with Gasteiger partial charge in [-0.1, -0.05) is 48.5 Å². The van der Waals surface area contributed by atoms with Gasteiger partial charge in [0.1, 0.15) is 0 Å². The van der Waals surface area contributed by atoms with Crippen LogP contribution in [0.15, 0.2) is 60.8 Å². The lowest BCUT2D eigenvalue weighted by Gasteiger charge is -2.42. The van der Waals surface area contributed by atoms with E-state index in [9.17, 15) is 4.79 Å². The molecule has 2 heterocycles. The van der Waals surface area contributed by atoms with Gasteiger partial charge in [-0.25, -0.2) is 0 Å². The van der Waals surface area contributed by atoms with E-state index in [1.54, 1.807) is 0 Å². The molecule has 1 saturated carbocycles. The van der Waals surface area contributed by atoms with Gasteiger partial charge < -0.3 is 9.88 Å². The van der Waals surface area contributed by atoms with Crippen LogP contribution in [0.5, 0.6) is 0 Å². The Labute approximate surface area is 159 Å². The third-order valence-corrected chi connectivity index (χ3v) is 5.97. The standard InChI is InChI=1S/C23H25N3O/c27-23(21-15-24-22-9-5-4-8-20(21)22)26-13-12-25(18-10-11-18)16-19(26)14-17-6-2-1-3-7-17/h1-9,15,18-19,24H,10-14,16H2. The lowest BCUT2D eigenvalue weighted by atomic mass is 10.0. The predicted octanol–water partition coefficient (Wildman–Crippen LogP) is 3.70. The molecule has 138 valence electrons. The minimum atomic E-state index is 0.156. The summed E-state index contributed by atoms with van der Waals surface area (Å²) in [7, 11) is 0. The molecule has 1 saturated heterocycles. The second-order valence-corrected chi connectivity index (χ2v) is 7.82. The van der Waals surface area contributed by atoms with E-state index in [0.717, 1.165) is 48.6 Å². The van der Waals surface area contributed by atoms with Crippen molar-refractivity contribution in [1.82, 2.24) is 14.8 Å². The van der Waals surface area contributed by atoms with Gasteiger partial charge in [-0.15, -0.1) is 0 Å². The first-order valence-electron chi connectivity index (χ1n) is 9.94. The Morgan fingerprint density at radius 3 is 2.59 bits per heavy atom. The molecule has 2 fully saturated rings. The number of piperazine rings is 1. The van der Waals surface area contributed by atoms with E-state index < -0.39 is 0 Å². The second-order valence-electron chi connectivity index (χ2n) is 7.82. The number of carbonyl (C=O) groups is 1. The minimum absolute atomic E-state index is 0.156. The van der Waals surface area contributed by atoms with E-state index in [1.165, 1.54) is 18.4 Å². The van der Waals surface area contributed by atoms with E-state index in [-0.39, 0.29) is 11.9 Å². The zero-order valence-corrected chi connectivity index (χ0v) is 15.5. The predicted molar refractivity (Wildman–Crippen MR) is 108 cm³/mol. The molecule has 27 heavy (non-hydrogen) atoms. The summed E-state index contributed by atoms with van der Waals surface area (Å²) in [5.41, 5.74) is 3.12. The summed E-state index contributed by atoms with van der Waals surface area (Å²) >= 11 is 0. The number of H-pyrrole nitrogens is 1. The number of rotatable bonds is 4. The van der Waals surface area contributed by atoms with Gasteiger partial charge in [0.25, 0.3) is 5.91 Å². The van der Waals surface area contributed by atoms with Crippen molar-refractivity contribution in [2.24, 2.45) is 0 Å². The van der Waals surface area contributed by atoms with E-state index >= 15 is 0 Å². The van der Waals surface area contributed by atoms with E-state index in [1.807, 2.05) is 30.5 Å². The summed E-state index contributed by atoms with van der Waals surface area (Å²) in [6, 6.07) is 19.6. The van der Waals surface area contributed by atoms with Crippen molar-refractivity contribution in [3.05, 3.63) is 71.9 Å². The zero-order chi connectivity index (χ0) is 18.2. The van der Waals surface area contributed by atoms with Gasteiger partial charge in [0, 0.05) is 48.8 Å². The topological polar surface area (TPSA) is 39.3 Å². The minimum Gasteiger partial charge on any atom is -0.360 e. The largest absolute Gasteiger partial charge is 0.360 e. The fourth-order valence-electron chi connectivity index (χ4n) is 4.38. The van der Waals surface area contributed by atoms with Crippen LogP contribution in [-0.2, 0) is 6.42 Å². The number of aromatic amines is 1. The van der Waals surface area contributed by atoms with Gasteiger partial charge >= 0.3 is 0 Å². The van der Waals surface area contributed by atoms with Crippen molar-refractivity contribution in [2.45, 2.75) is 31.3 Å². The van der Waals surface area contributed by atoms with Crippen LogP contribution in [0.2, 0.25) is 0 Å². The van der Waals surface area contributed by atoms with Crippen LogP contribution in [-0.4, -0.2) is 52.4 Å². The number of carbonyl (C=O) groups excluding carboxylic acids is 1.